The van der Waals surface area contributed by atoms with Gasteiger partial charge >= 0.3 is 0 Å². The Bertz CT molecular complexity index is 555. The fourth-order valence-electron chi connectivity index (χ4n) is 1.44. The fraction of sp³-hybridized carbons (Fsp3) is 0.462. The highest BCUT2D eigenvalue weighted by Gasteiger charge is 2.23. The van der Waals surface area contributed by atoms with E-state index in [-0.39, 0.29) is 0 Å². The van der Waals surface area contributed by atoms with Crippen LogP contribution in [0.4, 0.5) is 11.4 Å². The molecule has 5 nitrogen and oxygen atoms in total. The first-order valence-corrected chi connectivity index (χ1v) is 8.02. The Hall–Kier alpha value is -1.56. The van der Waals surface area contributed by atoms with E-state index in [1.807, 2.05) is 37.1 Å². The lowest BCUT2D eigenvalue weighted by Gasteiger charge is -2.18. The number of amides is 1. The van der Waals surface area contributed by atoms with Crippen molar-refractivity contribution in [2.45, 2.75) is 19.1 Å². The summed E-state index contributed by atoms with van der Waals surface area (Å²) in [6.45, 7) is 4.25. The van der Waals surface area contributed by atoms with Gasteiger partial charge in [-0.05, 0) is 32.0 Å². The van der Waals surface area contributed by atoms with E-state index in [1.165, 1.54) is 6.92 Å². The molecule has 0 saturated heterocycles. The van der Waals surface area contributed by atoms with E-state index in [2.05, 4.69) is 5.32 Å². The van der Waals surface area contributed by atoms with E-state index >= 15 is 0 Å². The number of rotatable bonds is 5. The fourth-order valence-corrected chi connectivity index (χ4v) is 1.89. The number of nitrogens with one attached hydrogen (secondary N) is 1. The van der Waals surface area contributed by atoms with Gasteiger partial charge < -0.3 is 10.2 Å². The summed E-state index contributed by atoms with van der Waals surface area (Å²) in [5.41, 5.74) is 1.56. The van der Waals surface area contributed by atoms with Crippen molar-refractivity contribution in [2.75, 3.05) is 30.1 Å². The molecule has 106 valence electrons. The van der Waals surface area contributed by atoms with Gasteiger partial charge in [-0.1, -0.05) is 6.07 Å². The maximum absolute atomic E-state index is 11.8. The largest absolute Gasteiger partial charge is 0.375 e. The minimum absolute atomic E-state index is 0.515. The second-order valence-corrected chi connectivity index (χ2v) is 6.89. The molecule has 0 aliphatic carbocycles. The molecule has 0 fully saturated rings. The van der Waals surface area contributed by atoms with Crippen molar-refractivity contribution >= 4 is 27.1 Å². The van der Waals surface area contributed by atoms with Gasteiger partial charge in [-0.3, -0.25) is 4.79 Å². The van der Waals surface area contributed by atoms with Crippen molar-refractivity contribution in [3.63, 3.8) is 0 Å². The normalized spacial score (nSPS) is 12.8. The first kappa shape index (κ1) is 15.5. The predicted octanol–water partition coefficient (Wildman–Crippen LogP) is 1.51. The third kappa shape index (κ3) is 4.24. The third-order valence-corrected chi connectivity index (χ3v) is 4.54. The molecule has 0 spiro atoms. The van der Waals surface area contributed by atoms with Crippen molar-refractivity contribution < 1.29 is 13.2 Å². The second kappa shape index (κ2) is 6.06. The number of nitrogens with zero attached hydrogens (tertiary/aromatic N) is 1. The maximum atomic E-state index is 11.8. The summed E-state index contributed by atoms with van der Waals surface area (Å²) in [5.74, 6) is -0.515. The van der Waals surface area contributed by atoms with Crippen LogP contribution in [0.1, 0.15) is 13.8 Å². The van der Waals surface area contributed by atoms with Crippen molar-refractivity contribution in [1.82, 2.24) is 0 Å². The predicted molar refractivity (Wildman–Crippen MR) is 78.3 cm³/mol. The zero-order chi connectivity index (χ0) is 14.6. The summed E-state index contributed by atoms with van der Waals surface area (Å²) in [6.07, 6.45) is 1.05. The van der Waals surface area contributed by atoms with Gasteiger partial charge in [0.15, 0.2) is 9.84 Å². The molecule has 1 atom stereocenters. The third-order valence-electron chi connectivity index (χ3n) is 3.04. The Balaban J connectivity index is 2.86. The molecule has 1 rings (SSSR count). The van der Waals surface area contributed by atoms with Crippen LogP contribution in [-0.2, 0) is 14.6 Å². The summed E-state index contributed by atoms with van der Waals surface area (Å²) in [4.78, 5) is 13.8. The molecule has 1 aromatic rings. The number of carbonyl (C=O) groups is 1. The van der Waals surface area contributed by atoms with Gasteiger partial charge in [-0.15, -0.1) is 0 Å². The summed E-state index contributed by atoms with van der Waals surface area (Å²) < 4.78 is 22.6. The molecule has 1 N–H and O–H groups in total. The SMILES string of the molecule is CCN(C)c1cccc(NC(=O)[C@@H](C)S(C)(=O)=O)c1. The lowest BCUT2D eigenvalue weighted by atomic mass is 10.2. The summed E-state index contributed by atoms with van der Waals surface area (Å²) >= 11 is 0. The number of anilines is 2. The average Bonchev–Trinajstić information content (AvgIpc) is 2.36. The van der Waals surface area contributed by atoms with Crippen LogP contribution in [0, 0.1) is 0 Å². The molecular weight excluding hydrogens is 264 g/mol. The van der Waals surface area contributed by atoms with Crippen LogP contribution in [0.25, 0.3) is 0 Å². The molecule has 1 aromatic carbocycles. The Morgan fingerprint density at radius 3 is 2.58 bits per heavy atom. The zero-order valence-electron chi connectivity index (χ0n) is 11.7. The highest BCUT2D eigenvalue weighted by atomic mass is 32.2. The van der Waals surface area contributed by atoms with Gasteiger partial charge in [0.2, 0.25) is 5.91 Å². The van der Waals surface area contributed by atoms with E-state index in [1.54, 1.807) is 6.07 Å². The molecule has 0 aromatic heterocycles. The summed E-state index contributed by atoms with van der Waals surface area (Å²) in [5, 5.41) is 1.57. The molecule has 6 heteroatoms. The number of hydrogen-bond acceptors (Lipinski definition) is 4. The standard InChI is InChI=1S/C13H20N2O3S/c1-5-15(3)12-8-6-7-11(9-12)14-13(16)10(2)19(4,17)18/h6-10H,5H2,1-4H3,(H,14,16)/t10-/m1/s1. The highest BCUT2D eigenvalue weighted by Crippen LogP contribution is 2.18. The smallest absolute Gasteiger partial charge is 0.242 e. The monoisotopic (exact) mass is 284 g/mol. The van der Waals surface area contributed by atoms with E-state index in [0.717, 1.165) is 18.5 Å². The molecule has 0 bridgehead atoms. The number of carbonyl (C=O) groups excluding carboxylic acids is 1. The van der Waals surface area contributed by atoms with Crippen molar-refractivity contribution in [3.8, 4) is 0 Å². The highest BCUT2D eigenvalue weighted by molar-refractivity contribution is 7.92. The number of sulfone groups is 1. The van der Waals surface area contributed by atoms with Gasteiger partial charge in [-0.2, -0.15) is 0 Å². The van der Waals surface area contributed by atoms with Crippen LogP contribution in [-0.4, -0.2) is 39.4 Å². The maximum Gasteiger partial charge on any atom is 0.242 e. The quantitative estimate of drug-likeness (QED) is 0.890. The molecule has 0 radical (unpaired) electrons. The molecule has 1 amide bonds. The second-order valence-electron chi connectivity index (χ2n) is 4.53. The van der Waals surface area contributed by atoms with Crippen molar-refractivity contribution in [1.29, 1.82) is 0 Å². The van der Waals surface area contributed by atoms with Crippen LogP contribution in [0.3, 0.4) is 0 Å². The molecular formula is C13H20N2O3S. The van der Waals surface area contributed by atoms with Gasteiger partial charge in [-0.25, -0.2) is 8.42 Å². The minimum Gasteiger partial charge on any atom is -0.375 e. The number of hydrogen-bond donors (Lipinski definition) is 1. The average molecular weight is 284 g/mol. The molecule has 0 heterocycles. The lowest BCUT2D eigenvalue weighted by Crippen LogP contribution is -2.31. The van der Waals surface area contributed by atoms with Gasteiger partial charge in [0.1, 0.15) is 5.25 Å². The topological polar surface area (TPSA) is 66.5 Å². The first-order valence-electron chi connectivity index (χ1n) is 6.06. The van der Waals surface area contributed by atoms with Crippen molar-refractivity contribution in [3.05, 3.63) is 24.3 Å². The van der Waals surface area contributed by atoms with Crippen LogP contribution >= 0.6 is 0 Å². The molecule has 0 aliphatic heterocycles. The van der Waals surface area contributed by atoms with E-state index in [9.17, 15) is 13.2 Å². The van der Waals surface area contributed by atoms with E-state index < -0.39 is 21.0 Å². The Morgan fingerprint density at radius 2 is 2.05 bits per heavy atom. The molecule has 0 unspecified atom stereocenters. The molecule has 0 saturated carbocycles. The van der Waals surface area contributed by atoms with E-state index in [4.69, 9.17) is 0 Å². The Labute approximate surface area is 114 Å². The van der Waals surface area contributed by atoms with Crippen LogP contribution in [0.15, 0.2) is 24.3 Å². The van der Waals surface area contributed by atoms with Crippen LogP contribution < -0.4 is 10.2 Å². The van der Waals surface area contributed by atoms with Gasteiger partial charge in [0.25, 0.3) is 0 Å². The molecule has 19 heavy (non-hydrogen) atoms. The summed E-state index contributed by atoms with van der Waals surface area (Å²) in [7, 11) is -1.43. The van der Waals surface area contributed by atoms with Gasteiger partial charge in [0, 0.05) is 31.2 Å². The lowest BCUT2D eigenvalue weighted by molar-refractivity contribution is -0.115. The molecule has 0 aliphatic rings. The summed E-state index contributed by atoms with van der Waals surface area (Å²) in [6, 6.07) is 7.30. The number of benzene rings is 1. The Morgan fingerprint density at radius 1 is 1.42 bits per heavy atom. The first-order chi connectivity index (χ1) is 8.75. The Kier molecular flexibility index (Phi) is 4.94. The van der Waals surface area contributed by atoms with Gasteiger partial charge in [0.05, 0.1) is 0 Å². The zero-order valence-corrected chi connectivity index (χ0v) is 12.5. The van der Waals surface area contributed by atoms with Crippen LogP contribution in [0.2, 0.25) is 0 Å². The van der Waals surface area contributed by atoms with E-state index in [0.29, 0.717) is 5.69 Å². The van der Waals surface area contributed by atoms with Crippen LogP contribution in [0.5, 0.6) is 0 Å². The van der Waals surface area contributed by atoms with Crippen molar-refractivity contribution in [2.24, 2.45) is 0 Å². The minimum atomic E-state index is -3.38.